The molecule has 1 unspecified atom stereocenters. The SMILES string of the molecule is CC(CCC(=O)N[C@@H](Cc1ccccc1)C(=O)Nc1ccncc1)C(N)=O. The fourth-order valence-electron chi connectivity index (χ4n) is 2.48. The van der Waals surface area contributed by atoms with Gasteiger partial charge in [0.15, 0.2) is 0 Å². The average molecular weight is 368 g/mol. The van der Waals surface area contributed by atoms with Crippen LogP contribution in [0, 0.1) is 5.92 Å². The Morgan fingerprint density at radius 2 is 1.74 bits per heavy atom. The van der Waals surface area contributed by atoms with Gasteiger partial charge < -0.3 is 16.4 Å². The maximum atomic E-state index is 12.7. The summed E-state index contributed by atoms with van der Waals surface area (Å²) < 4.78 is 0. The lowest BCUT2D eigenvalue weighted by molar-refractivity contribution is -0.127. The molecule has 0 saturated heterocycles. The molecule has 0 aliphatic heterocycles. The molecule has 1 aromatic heterocycles. The van der Waals surface area contributed by atoms with Crippen LogP contribution >= 0.6 is 0 Å². The monoisotopic (exact) mass is 368 g/mol. The first-order valence-electron chi connectivity index (χ1n) is 8.79. The van der Waals surface area contributed by atoms with E-state index >= 15 is 0 Å². The number of pyridine rings is 1. The maximum absolute atomic E-state index is 12.7. The highest BCUT2D eigenvalue weighted by Crippen LogP contribution is 2.10. The molecule has 0 radical (unpaired) electrons. The summed E-state index contributed by atoms with van der Waals surface area (Å²) in [4.78, 5) is 40.0. The Kier molecular flexibility index (Phi) is 7.49. The predicted molar refractivity (Wildman–Crippen MR) is 103 cm³/mol. The molecule has 0 spiro atoms. The van der Waals surface area contributed by atoms with Crippen molar-refractivity contribution in [2.24, 2.45) is 11.7 Å². The molecule has 0 aliphatic rings. The quantitative estimate of drug-likeness (QED) is 0.624. The molecular weight excluding hydrogens is 344 g/mol. The molecule has 0 saturated carbocycles. The van der Waals surface area contributed by atoms with Gasteiger partial charge in [-0.1, -0.05) is 37.3 Å². The first-order valence-corrected chi connectivity index (χ1v) is 8.79. The fourth-order valence-corrected chi connectivity index (χ4v) is 2.48. The fraction of sp³-hybridized carbons (Fsp3) is 0.300. The van der Waals surface area contributed by atoms with E-state index in [2.05, 4.69) is 15.6 Å². The van der Waals surface area contributed by atoms with Crippen LogP contribution in [0.15, 0.2) is 54.9 Å². The summed E-state index contributed by atoms with van der Waals surface area (Å²) in [6, 6.07) is 12.0. The molecule has 27 heavy (non-hydrogen) atoms. The van der Waals surface area contributed by atoms with Crippen LogP contribution in [0.4, 0.5) is 5.69 Å². The number of hydrogen-bond acceptors (Lipinski definition) is 4. The van der Waals surface area contributed by atoms with Crippen molar-refractivity contribution in [3.8, 4) is 0 Å². The van der Waals surface area contributed by atoms with E-state index in [1.165, 1.54) is 0 Å². The van der Waals surface area contributed by atoms with Crippen molar-refractivity contribution < 1.29 is 14.4 Å². The number of nitrogens with two attached hydrogens (primary N) is 1. The molecule has 2 aromatic rings. The number of carbonyl (C=O) groups is 3. The van der Waals surface area contributed by atoms with Crippen molar-refractivity contribution in [1.29, 1.82) is 0 Å². The lowest BCUT2D eigenvalue weighted by Gasteiger charge is -2.19. The predicted octanol–water partition coefficient (Wildman–Crippen LogP) is 1.65. The third-order valence-corrected chi connectivity index (χ3v) is 4.17. The van der Waals surface area contributed by atoms with Gasteiger partial charge in [-0.3, -0.25) is 19.4 Å². The van der Waals surface area contributed by atoms with Crippen LogP contribution in [-0.4, -0.2) is 28.7 Å². The first-order chi connectivity index (χ1) is 13.0. The Balaban J connectivity index is 2.03. The molecule has 0 fully saturated rings. The van der Waals surface area contributed by atoms with E-state index in [9.17, 15) is 14.4 Å². The Bertz CT molecular complexity index is 765. The van der Waals surface area contributed by atoms with Crippen molar-refractivity contribution in [1.82, 2.24) is 10.3 Å². The number of primary amides is 1. The minimum Gasteiger partial charge on any atom is -0.369 e. The van der Waals surface area contributed by atoms with Gasteiger partial charge in [0.2, 0.25) is 17.7 Å². The van der Waals surface area contributed by atoms with E-state index in [-0.39, 0.29) is 18.2 Å². The molecule has 0 aliphatic carbocycles. The smallest absolute Gasteiger partial charge is 0.247 e. The van der Waals surface area contributed by atoms with Crippen molar-refractivity contribution in [2.75, 3.05) is 5.32 Å². The average Bonchev–Trinajstić information content (AvgIpc) is 2.67. The minimum absolute atomic E-state index is 0.123. The standard InChI is InChI=1S/C20H24N4O3/c1-14(19(21)26)7-8-18(25)24-17(13-15-5-3-2-4-6-15)20(27)23-16-9-11-22-12-10-16/h2-6,9-12,14,17H,7-8,13H2,1H3,(H2,21,26)(H,24,25)(H,22,23,27)/t14?,17-/m0/s1. The molecule has 142 valence electrons. The van der Waals surface area contributed by atoms with E-state index in [0.29, 0.717) is 18.5 Å². The zero-order valence-corrected chi connectivity index (χ0v) is 15.2. The first kappa shape index (κ1) is 20.1. The normalized spacial score (nSPS) is 12.6. The zero-order valence-electron chi connectivity index (χ0n) is 15.2. The summed E-state index contributed by atoms with van der Waals surface area (Å²) in [6.45, 7) is 1.67. The number of nitrogens with one attached hydrogen (secondary N) is 2. The third-order valence-electron chi connectivity index (χ3n) is 4.17. The van der Waals surface area contributed by atoms with Crippen LogP contribution in [0.3, 0.4) is 0 Å². The topological polar surface area (TPSA) is 114 Å². The molecule has 4 N–H and O–H groups in total. The van der Waals surface area contributed by atoms with Crippen molar-refractivity contribution in [3.63, 3.8) is 0 Å². The molecular formula is C20H24N4O3. The van der Waals surface area contributed by atoms with Gasteiger partial charge in [-0.2, -0.15) is 0 Å². The maximum Gasteiger partial charge on any atom is 0.247 e. The van der Waals surface area contributed by atoms with Gasteiger partial charge in [0.25, 0.3) is 0 Å². The summed E-state index contributed by atoms with van der Waals surface area (Å²) in [5.74, 6) is -1.46. The van der Waals surface area contributed by atoms with Crippen LogP contribution < -0.4 is 16.4 Å². The second kappa shape index (κ2) is 10.1. The highest BCUT2D eigenvalue weighted by Gasteiger charge is 2.22. The third kappa shape index (κ3) is 6.89. The van der Waals surface area contributed by atoms with Crippen LogP contribution in [-0.2, 0) is 20.8 Å². The largest absolute Gasteiger partial charge is 0.369 e. The summed E-state index contributed by atoms with van der Waals surface area (Å²) >= 11 is 0. The van der Waals surface area contributed by atoms with Gasteiger partial charge >= 0.3 is 0 Å². The van der Waals surface area contributed by atoms with Gasteiger partial charge in [0.05, 0.1) is 0 Å². The minimum atomic E-state index is -0.739. The number of hydrogen-bond donors (Lipinski definition) is 3. The Hall–Kier alpha value is -3.22. The van der Waals surface area contributed by atoms with Crippen molar-refractivity contribution >= 4 is 23.4 Å². The molecule has 2 atom stereocenters. The molecule has 7 nitrogen and oxygen atoms in total. The number of nitrogens with zero attached hydrogens (tertiary/aromatic N) is 1. The number of carbonyl (C=O) groups excluding carboxylic acids is 3. The molecule has 3 amide bonds. The number of benzene rings is 1. The van der Waals surface area contributed by atoms with Crippen LogP contribution in [0.25, 0.3) is 0 Å². The van der Waals surface area contributed by atoms with Crippen molar-refractivity contribution in [2.45, 2.75) is 32.2 Å². The second-order valence-corrected chi connectivity index (χ2v) is 6.38. The molecule has 2 rings (SSSR count). The van der Waals surface area contributed by atoms with Crippen LogP contribution in [0.5, 0.6) is 0 Å². The van der Waals surface area contributed by atoms with Gasteiger partial charge in [-0.05, 0) is 24.1 Å². The molecule has 1 aromatic carbocycles. The Labute approximate surface area is 158 Å². The van der Waals surface area contributed by atoms with Crippen LogP contribution in [0.1, 0.15) is 25.3 Å². The van der Waals surface area contributed by atoms with E-state index in [4.69, 9.17) is 5.73 Å². The second-order valence-electron chi connectivity index (χ2n) is 6.38. The van der Waals surface area contributed by atoms with E-state index < -0.39 is 17.9 Å². The highest BCUT2D eigenvalue weighted by atomic mass is 16.2. The zero-order chi connectivity index (χ0) is 19.6. The van der Waals surface area contributed by atoms with Gasteiger partial charge in [0, 0.05) is 36.8 Å². The Morgan fingerprint density at radius 3 is 2.37 bits per heavy atom. The lowest BCUT2D eigenvalue weighted by atomic mass is 10.0. The lowest BCUT2D eigenvalue weighted by Crippen LogP contribution is -2.45. The van der Waals surface area contributed by atoms with Crippen molar-refractivity contribution in [3.05, 3.63) is 60.4 Å². The summed E-state index contributed by atoms with van der Waals surface area (Å²) in [5, 5.41) is 5.54. The van der Waals surface area contributed by atoms with E-state index in [0.717, 1.165) is 5.56 Å². The molecule has 7 heteroatoms. The molecule has 0 bridgehead atoms. The van der Waals surface area contributed by atoms with E-state index in [1.807, 2.05) is 30.3 Å². The number of rotatable bonds is 9. The van der Waals surface area contributed by atoms with Gasteiger partial charge in [0.1, 0.15) is 6.04 Å². The van der Waals surface area contributed by atoms with E-state index in [1.54, 1.807) is 31.5 Å². The summed E-state index contributed by atoms with van der Waals surface area (Å²) in [6.07, 6.45) is 3.97. The summed E-state index contributed by atoms with van der Waals surface area (Å²) in [5.41, 5.74) is 6.75. The van der Waals surface area contributed by atoms with Gasteiger partial charge in [-0.25, -0.2) is 0 Å². The number of aromatic nitrogens is 1. The number of anilines is 1. The van der Waals surface area contributed by atoms with Gasteiger partial charge in [-0.15, -0.1) is 0 Å². The summed E-state index contributed by atoms with van der Waals surface area (Å²) in [7, 11) is 0. The highest BCUT2D eigenvalue weighted by molar-refractivity contribution is 5.97. The Morgan fingerprint density at radius 1 is 1.07 bits per heavy atom. The number of amides is 3. The van der Waals surface area contributed by atoms with Crippen LogP contribution in [0.2, 0.25) is 0 Å². The molecule has 1 heterocycles.